The molecule has 0 unspecified atom stereocenters. The van der Waals surface area contributed by atoms with Crippen molar-refractivity contribution < 1.29 is 4.42 Å². The van der Waals surface area contributed by atoms with Gasteiger partial charge in [0.15, 0.2) is 0 Å². The molecule has 0 spiro atoms. The highest BCUT2D eigenvalue weighted by atomic mass is 16.3. The zero-order valence-electron chi connectivity index (χ0n) is 9.52. The van der Waals surface area contributed by atoms with Gasteiger partial charge in [0.05, 0.1) is 18.7 Å². The van der Waals surface area contributed by atoms with Crippen LogP contribution in [0.4, 0.5) is 0 Å². The van der Waals surface area contributed by atoms with Crippen LogP contribution in [0.25, 0.3) is 0 Å². The van der Waals surface area contributed by atoms with Gasteiger partial charge >= 0.3 is 0 Å². The van der Waals surface area contributed by atoms with E-state index in [1.807, 2.05) is 24.0 Å². The summed E-state index contributed by atoms with van der Waals surface area (Å²) in [6, 6.07) is 1.98. The monoisotopic (exact) mass is 219 g/mol. The highest BCUT2D eigenvalue weighted by Gasteiger charge is 1.96. The first kappa shape index (κ1) is 11.0. The molecule has 0 aliphatic rings. The van der Waals surface area contributed by atoms with E-state index in [2.05, 4.69) is 16.6 Å². The topological polar surface area (TPSA) is 43.0 Å². The van der Waals surface area contributed by atoms with Crippen molar-refractivity contribution >= 4 is 0 Å². The summed E-state index contributed by atoms with van der Waals surface area (Å²) in [7, 11) is 1.95. The number of nitrogens with one attached hydrogen (secondary N) is 1. The van der Waals surface area contributed by atoms with Gasteiger partial charge < -0.3 is 9.73 Å². The second-order valence-corrected chi connectivity index (χ2v) is 3.93. The summed E-state index contributed by atoms with van der Waals surface area (Å²) in [6.07, 6.45) is 9.67. The van der Waals surface area contributed by atoms with E-state index in [1.165, 1.54) is 11.1 Å². The van der Waals surface area contributed by atoms with Gasteiger partial charge in [0, 0.05) is 25.4 Å². The summed E-state index contributed by atoms with van der Waals surface area (Å²) in [5, 5.41) is 7.52. The second-order valence-electron chi connectivity index (χ2n) is 3.93. The Morgan fingerprint density at radius 1 is 1.44 bits per heavy atom. The van der Waals surface area contributed by atoms with E-state index in [1.54, 1.807) is 12.5 Å². The van der Waals surface area contributed by atoms with E-state index in [9.17, 15) is 0 Å². The van der Waals surface area contributed by atoms with Crippen LogP contribution >= 0.6 is 0 Å². The number of rotatable bonds is 6. The van der Waals surface area contributed by atoms with Crippen molar-refractivity contribution in [2.75, 3.05) is 6.54 Å². The van der Waals surface area contributed by atoms with E-state index in [0.29, 0.717) is 0 Å². The predicted molar refractivity (Wildman–Crippen MR) is 61.9 cm³/mol. The number of aryl methyl sites for hydroxylation is 2. The number of hydrogen-bond donors (Lipinski definition) is 1. The van der Waals surface area contributed by atoms with Crippen LogP contribution in [0.5, 0.6) is 0 Å². The molecule has 0 saturated carbocycles. The van der Waals surface area contributed by atoms with E-state index >= 15 is 0 Å². The Labute approximate surface area is 95.3 Å². The summed E-state index contributed by atoms with van der Waals surface area (Å²) >= 11 is 0. The van der Waals surface area contributed by atoms with Crippen LogP contribution in [-0.2, 0) is 20.0 Å². The number of furan rings is 1. The molecule has 2 heterocycles. The van der Waals surface area contributed by atoms with Gasteiger partial charge in [-0.2, -0.15) is 5.10 Å². The van der Waals surface area contributed by atoms with E-state index < -0.39 is 0 Å². The van der Waals surface area contributed by atoms with Gasteiger partial charge in [0.1, 0.15) is 0 Å². The lowest BCUT2D eigenvalue weighted by atomic mass is 10.2. The third kappa shape index (κ3) is 3.24. The molecule has 0 amide bonds. The van der Waals surface area contributed by atoms with Gasteiger partial charge in [-0.3, -0.25) is 4.68 Å². The molecule has 0 aliphatic heterocycles. The Morgan fingerprint density at radius 3 is 3.06 bits per heavy atom. The van der Waals surface area contributed by atoms with Gasteiger partial charge in [0.2, 0.25) is 0 Å². The fourth-order valence-corrected chi connectivity index (χ4v) is 1.64. The van der Waals surface area contributed by atoms with E-state index in [4.69, 9.17) is 4.42 Å². The highest BCUT2D eigenvalue weighted by molar-refractivity contribution is 5.05. The Kier molecular flexibility index (Phi) is 3.77. The Morgan fingerprint density at radius 2 is 2.38 bits per heavy atom. The number of hydrogen-bond acceptors (Lipinski definition) is 3. The maximum Gasteiger partial charge on any atom is 0.0947 e. The van der Waals surface area contributed by atoms with Crippen LogP contribution in [0.15, 0.2) is 35.4 Å². The minimum atomic E-state index is 0.879. The molecule has 2 aromatic heterocycles. The third-order valence-corrected chi connectivity index (χ3v) is 2.49. The molecule has 0 saturated heterocycles. The number of aromatic nitrogens is 2. The summed E-state index contributed by atoms with van der Waals surface area (Å²) < 4.78 is 6.83. The Bertz CT molecular complexity index is 406. The van der Waals surface area contributed by atoms with Crippen molar-refractivity contribution in [2.45, 2.75) is 19.4 Å². The van der Waals surface area contributed by atoms with Crippen molar-refractivity contribution in [2.24, 2.45) is 7.05 Å². The molecule has 16 heavy (non-hydrogen) atoms. The van der Waals surface area contributed by atoms with Crippen LogP contribution in [0, 0.1) is 0 Å². The summed E-state index contributed by atoms with van der Waals surface area (Å²) in [5.41, 5.74) is 2.49. The van der Waals surface area contributed by atoms with Crippen molar-refractivity contribution in [1.29, 1.82) is 0 Å². The minimum absolute atomic E-state index is 0.879. The van der Waals surface area contributed by atoms with Crippen molar-refractivity contribution in [3.63, 3.8) is 0 Å². The molecule has 0 radical (unpaired) electrons. The molecule has 0 aromatic carbocycles. The summed E-state index contributed by atoms with van der Waals surface area (Å²) in [6.45, 7) is 1.89. The predicted octanol–water partition coefficient (Wildman–Crippen LogP) is 1.74. The van der Waals surface area contributed by atoms with Gasteiger partial charge in [0.25, 0.3) is 0 Å². The average molecular weight is 219 g/mol. The molecule has 0 atom stereocenters. The van der Waals surface area contributed by atoms with Gasteiger partial charge in [-0.25, -0.2) is 0 Å². The lowest BCUT2D eigenvalue weighted by Crippen LogP contribution is -2.14. The fraction of sp³-hybridized carbons (Fsp3) is 0.417. The lowest BCUT2D eigenvalue weighted by Gasteiger charge is -2.01. The summed E-state index contributed by atoms with van der Waals surface area (Å²) in [5.74, 6) is 0. The van der Waals surface area contributed by atoms with Crippen molar-refractivity contribution in [3.05, 3.63) is 42.1 Å². The van der Waals surface area contributed by atoms with Gasteiger partial charge in [-0.1, -0.05) is 0 Å². The quantitative estimate of drug-likeness (QED) is 0.752. The largest absolute Gasteiger partial charge is 0.472 e. The molecular weight excluding hydrogens is 202 g/mol. The molecule has 2 rings (SSSR count). The first-order valence-corrected chi connectivity index (χ1v) is 5.54. The molecule has 0 bridgehead atoms. The molecule has 4 heteroatoms. The molecule has 0 aliphatic carbocycles. The van der Waals surface area contributed by atoms with Crippen LogP contribution in [-0.4, -0.2) is 16.3 Å². The SMILES string of the molecule is Cn1cc(CCCNCc2ccoc2)cn1. The first-order valence-electron chi connectivity index (χ1n) is 5.54. The zero-order chi connectivity index (χ0) is 11.2. The smallest absolute Gasteiger partial charge is 0.0947 e. The summed E-state index contributed by atoms with van der Waals surface area (Å²) in [4.78, 5) is 0. The molecule has 0 fully saturated rings. The van der Waals surface area contributed by atoms with E-state index in [0.717, 1.165) is 25.9 Å². The molecular formula is C12H17N3O. The van der Waals surface area contributed by atoms with Crippen molar-refractivity contribution in [1.82, 2.24) is 15.1 Å². The fourth-order valence-electron chi connectivity index (χ4n) is 1.64. The third-order valence-electron chi connectivity index (χ3n) is 2.49. The molecule has 1 N–H and O–H groups in total. The molecule has 4 nitrogen and oxygen atoms in total. The maximum atomic E-state index is 4.99. The zero-order valence-corrected chi connectivity index (χ0v) is 9.52. The van der Waals surface area contributed by atoms with Crippen LogP contribution in [0.1, 0.15) is 17.5 Å². The van der Waals surface area contributed by atoms with Gasteiger partial charge in [-0.05, 0) is 31.0 Å². The normalized spacial score (nSPS) is 10.8. The lowest BCUT2D eigenvalue weighted by molar-refractivity contribution is 0.559. The molecule has 2 aromatic rings. The Balaban J connectivity index is 1.59. The van der Waals surface area contributed by atoms with Crippen LogP contribution in [0.3, 0.4) is 0 Å². The van der Waals surface area contributed by atoms with Crippen molar-refractivity contribution in [3.8, 4) is 0 Å². The minimum Gasteiger partial charge on any atom is -0.472 e. The van der Waals surface area contributed by atoms with Crippen LogP contribution < -0.4 is 5.32 Å². The van der Waals surface area contributed by atoms with Crippen LogP contribution in [0.2, 0.25) is 0 Å². The maximum absolute atomic E-state index is 4.99. The average Bonchev–Trinajstić information content (AvgIpc) is 2.89. The standard InChI is InChI=1S/C12H17N3O/c1-15-9-11(8-14-15)3-2-5-13-7-12-4-6-16-10-12/h4,6,8-10,13H,2-3,5,7H2,1H3. The van der Waals surface area contributed by atoms with E-state index in [-0.39, 0.29) is 0 Å². The first-order chi connectivity index (χ1) is 7.84. The van der Waals surface area contributed by atoms with Gasteiger partial charge in [-0.15, -0.1) is 0 Å². The number of nitrogens with zero attached hydrogens (tertiary/aromatic N) is 2. The highest BCUT2D eigenvalue weighted by Crippen LogP contribution is 2.01. The second kappa shape index (κ2) is 5.51. The Hall–Kier alpha value is -1.55. The molecule has 86 valence electrons.